The molecular weight excluding hydrogens is 679 g/mol. The van der Waals surface area contributed by atoms with Gasteiger partial charge in [0, 0.05) is 37.3 Å². The molecule has 6 aliphatic rings. The van der Waals surface area contributed by atoms with Crippen LogP contribution in [0.4, 0.5) is 0 Å². The van der Waals surface area contributed by atoms with Gasteiger partial charge in [0.25, 0.3) is 5.91 Å². The number of carbonyl (C=O) groups excluding carboxylic acids is 3. The Balaban J connectivity index is 1.35. The van der Waals surface area contributed by atoms with E-state index in [4.69, 9.17) is 14.2 Å². The van der Waals surface area contributed by atoms with Crippen molar-refractivity contribution in [3.8, 4) is 11.5 Å². The average Bonchev–Trinajstić information content (AvgIpc) is 3.55. The fourth-order valence-corrected chi connectivity index (χ4v) is 9.75. The monoisotopic (exact) mass is 722 g/mol. The van der Waals surface area contributed by atoms with Crippen LogP contribution in [-0.2, 0) is 14.3 Å². The average molecular weight is 723 g/mol. The number of aliphatic hydroxyl groups excluding tert-OH is 2. The number of aldehydes is 1. The number of nitrogens with one attached hydrogen (secondary N) is 1. The van der Waals surface area contributed by atoms with E-state index in [1.165, 1.54) is 26.4 Å². The van der Waals surface area contributed by atoms with Gasteiger partial charge < -0.3 is 34.6 Å². The SMILES string of the molecule is COc1cc(C=O)cc(I)c1O[C@H]1C=C(C(=O)NCCO)C[C@@H](N(CC23CC4CC(CC(C4)C2)C3)C(=O)C2CCCO2)[C@@H]1O. The number of ether oxygens (including phenoxy) is 3. The number of methoxy groups -OCH3 is 1. The third-order valence-corrected chi connectivity index (χ3v) is 11.2. The highest BCUT2D eigenvalue weighted by Gasteiger charge is 2.53. The van der Waals surface area contributed by atoms with Crippen molar-refractivity contribution < 1.29 is 38.8 Å². The second-order valence-electron chi connectivity index (χ2n) is 13.6. The van der Waals surface area contributed by atoms with Gasteiger partial charge in [-0.25, -0.2) is 0 Å². The Kier molecular flexibility index (Phi) is 9.56. The number of nitrogens with zero attached hydrogens (tertiary/aromatic N) is 1. The quantitative estimate of drug-likeness (QED) is 0.234. The lowest BCUT2D eigenvalue weighted by Crippen LogP contribution is -2.61. The molecular formula is C33H43IN2O8. The van der Waals surface area contributed by atoms with Gasteiger partial charge in [0.05, 0.1) is 23.3 Å². The normalized spacial score (nSPS) is 33.9. The van der Waals surface area contributed by atoms with Crippen molar-refractivity contribution in [3.63, 3.8) is 0 Å². The lowest BCUT2D eigenvalue weighted by molar-refractivity contribution is -0.156. The first-order valence-corrected chi connectivity index (χ1v) is 17.0. The van der Waals surface area contributed by atoms with Gasteiger partial charge in [0.1, 0.15) is 24.6 Å². The Morgan fingerprint density at radius 1 is 1.18 bits per heavy atom. The second kappa shape index (κ2) is 13.3. The lowest BCUT2D eigenvalue weighted by Gasteiger charge is -2.58. The van der Waals surface area contributed by atoms with Crippen LogP contribution in [0.25, 0.3) is 0 Å². The molecule has 5 fully saturated rings. The Bertz CT molecular complexity index is 1260. The second-order valence-corrected chi connectivity index (χ2v) is 14.7. The summed E-state index contributed by atoms with van der Waals surface area (Å²) in [5, 5.41) is 24.1. The molecule has 44 heavy (non-hydrogen) atoms. The van der Waals surface area contributed by atoms with Crippen molar-refractivity contribution in [2.75, 3.05) is 33.4 Å². The first-order chi connectivity index (χ1) is 21.2. The molecule has 240 valence electrons. The minimum Gasteiger partial charge on any atom is -0.493 e. The molecule has 4 bridgehead atoms. The van der Waals surface area contributed by atoms with Crippen LogP contribution >= 0.6 is 22.6 Å². The summed E-state index contributed by atoms with van der Waals surface area (Å²) in [6.07, 6.45) is 8.36. The summed E-state index contributed by atoms with van der Waals surface area (Å²) in [5.41, 5.74) is 0.806. The summed E-state index contributed by atoms with van der Waals surface area (Å²) in [5.74, 6) is 2.25. The van der Waals surface area contributed by atoms with Crippen LogP contribution in [0.5, 0.6) is 11.5 Å². The first-order valence-electron chi connectivity index (χ1n) is 15.9. The highest BCUT2D eigenvalue weighted by atomic mass is 127. The summed E-state index contributed by atoms with van der Waals surface area (Å²) in [6.45, 7) is 0.938. The smallest absolute Gasteiger partial charge is 0.252 e. The van der Waals surface area contributed by atoms with Crippen molar-refractivity contribution in [1.82, 2.24) is 10.2 Å². The van der Waals surface area contributed by atoms with Gasteiger partial charge in [-0.3, -0.25) is 14.4 Å². The minimum absolute atomic E-state index is 0.00280. The fraction of sp³-hybridized carbons (Fsp3) is 0.667. The summed E-state index contributed by atoms with van der Waals surface area (Å²) in [7, 11) is 1.48. The summed E-state index contributed by atoms with van der Waals surface area (Å²) >= 11 is 2.06. The Hall–Kier alpha value is -2.22. The molecule has 1 aromatic carbocycles. The van der Waals surface area contributed by atoms with Gasteiger partial charge in [-0.15, -0.1) is 0 Å². The van der Waals surface area contributed by atoms with Gasteiger partial charge in [-0.2, -0.15) is 0 Å². The largest absolute Gasteiger partial charge is 0.493 e. The van der Waals surface area contributed by atoms with Crippen LogP contribution in [0.2, 0.25) is 0 Å². The molecule has 7 rings (SSSR count). The van der Waals surface area contributed by atoms with Crippen molar-refractivity contribution in [2.45, 2.75) is 82.1 Å². The molecule has 1 aliphatic heterocycles. The number of hydrogen-bond donors (Lipinski definition) is 3. The predicted octanol–water partition coefficient (Wildman–Crippen LogP) is 3.25. The van der Waals surface area contributed by atoms with E-state index in [0.717, 1.165) is 32.0 Å². The Morgan fingerprint density at radius 3 is 2.48 bits per heavy atom. The lowest BCUT2D eigenvalue weighted by atomic mass is 9.49. The highest BCUT2D eigenvalue weighted by Crippen LogP contribution is 2.60. The van der Waals surface area contributed by atoms with E-state index < -0.39 is 24.4 Å². The molecule has 5 aliphatic carbocycles. The van der Waals surface area contributed by atoms with Crippen LogP contribution in [0.3, 0.4) is 0 Å². The number of amides is 2. The zero-order valence-electron chi connectivity index (χ0n) is 25.2. The van der Waals surface area contributed by atoms with Crippen molar-refractivity contribution in [2.24, 2.45) is 23.2 Å². The number of rotatable bonds is 11. The Labute approximate surface area is 272 Å². The van der Waals surface area contributed by atoms with Crippen molar-refractivity contribution >= 4 is 40.7 Å². The molecule has 2 amide bonds. The number of aliphatic hydroxyl groups is 2. The van der Waals surface area contributed by atoms with Gasteiger partial charge in [0.2, 0.25) is 5.91 Å². The molecule has 0 aromatic heterocycles. The van der Waals surface area contributed by atoms with Crippen LogP contribution < -0.4 is 14.8 Å². The van der Waals surface area contributed by atoms with E-state index in [9.17, 15) is 24.6 Å². The minimum atomic E-state index is -1.14. The van der Waals surface area contributed by atoms with Crippen LogP contribution in [0.1, 0.15) is 68.1 Å². The van der Waals surface area contributed by atoms with E-state index in [2.05, 4.69) is 27.9 Å². The maximum absolute atomic E-state index is 14.3. The van der Waals surface area contributed by atoms with Crippen molar-refractivity contribution in [1.29, 1.82) is 0 Å². The van der Waals surface area contributed by atoms with Crippen molar-refractivity contribution in [3.05, 3.63) is 32.9 Å². The highest BCUT2D eigenvalue weighted by molar-refractivity contribution is 14.1. The van der Waals surface area contributed by atoms with Gasteiger partial charge in [-0.1, -0.05) is 0 Å². The molecule has 1 aromatic rings. The standard InChI is InChI=1S/C33H43IN2O8/c1-42-28-11-22(17-38)10-24(34)30(28)44-27-13-23(31(40)35-4-5-37)12-25(29(27)39)36(32(41)26-3-2-6-43-26)18-33-14-19-7-20(15-33)9-21(8-19)16-33/h10-11,13,17,19-21,25-27,29,37,39H,2-9,12,14-16,18H2,1H3,(H,35,40)/t19?,20?,21?,25-,26?,27+,29+,33?/m1/s1. The summed E-state index contributed by atoms with van der Waals surface area (Å²) < 4.78 is 18.4. The molecule has 11 heteroatoms. The molecule has 1 saturated heterocycles. The molecule has 4 saturated carbocycles. The topological polar surface area (TPSA) is 135 Å². The molecule has 4 atom stereocenters. The van der Waals surface area contributed by atoms with Gasteiger partial charge >= 0.3 is 0 Å². The van der Waals surface area contributed by atoms with Crippen LogP contribution in [0, 0.1) is 26.7 Å². The number of carbonyl (C=O) groups is 3. The van der Waals surface area contributed by atoms with E-state index in [1.807, 2.05) is 4.90 Å². The van der Waals surface area contributed by atoms with Crippen LogP contribution in [0.15, 0.2) is 23.8 Å². The molecule has 1 unspecified atom stereocenters. The maximum Gasteiger partial charge on any atom is 0.252 e. The molecule has 0 spiro atoms. The Morgan fingerprint density at radius 2 is 1.89 bits per heavy atom. The molecule has 3 N–H and O–H groups in total. The van der Waals surface area contributed by atoms with E-state index in [0.29, 0.717) is 63.5 Å². The molecule has 10 nitrogen and oxygen atoms in total. The maximum atomic E-state index is 14.3. The first kappa shape index (κ1) is 31.7. The van der Waals surface area contributed by atoms with Gasteiger partial charge in [-0.05, 0) is 115 Å². The summed E-state index contributed by atoms with van der Waals surface area (Å²) in [6, 6.07) is 2.51. The fourth-order valence-electron chi connectivity index (χ4n) is 9.00. The van der Waals surface area contributed by atoms with E-state index >= 15 is 0 Å². The van der Waals surface area contributed by atoms with E-state index in [1.54, 1.807) is 18.2 Å². The number of hydrogen-bond acceptors (Lipinski definition) is 8. The van der Waals surface area contributed by atoms with E-state index in [-0.39, 0.29) is 36.8 Å². The zero-order valence-corrected chi connectivity index (χ0v) is 27.4. The molecule has 0 radical (unpaired) electrons. The third-order valence-electron chi connectivity index (χ3n) is 10.4. The van der Waals surface area contributed by atoms with Crippen LogP contribution in [-0.4, -0.2) is 91.0 Å². The predicted molar refractivity (Wildman–Crippen MR) is 169 cm³/mol. The van der Waals surface area contributed by atoms with Gasteiger partial charge in [0.15, 0.2) is 11.5 Å². The third kappa shape index (κ3) is 6.39. The zero-order chi connectivity index (χ0) is 31.0. The number of halogens is 1. The summed E-state index contributed by atoms with van der Waals surface area (Å²) in [4.78, 5) is 40.9. The molecule has 1 heterocycles. The number of benzene rings is 1.